The Balaban J connectivity index is 2.23. The third-order valence-corrected chi connectivity index (χ3v) is 3.06. The Hall–Kier alpha value is -0.280. The van der Waals surface area contributed by atoms with Gasteiger partial charge in [0, 0.05) is 6.42 Å². The average Bonchev–Trinajstić information content (AvgIpc) is 2.45. The van der Waals surface area contributed by atoms with Crippen LogP contribution in [-0.2, 0) is 9.53 Å². The van der Waals surface area contributed by atoms with Crippen LogP contribution in [0, 0.1) is 0 Å². The molecule has 62 valence electrons. The summed E-state index contributed by atoms with van der Waals surface area (Å²) in [6, 6.07) is 0. The molecule has 0 aromatic heterocycles. The highest BCUT2D eigenvalue weighted by atomic mass is 35.5. The van der Waals surface area contributed by atoms with Crippen molar-refractivity contribution in [1.82, 2.24) is 0 Å². The van der Waals surface area contributed by atoms with Gasteiger partial charge in [-0.2, -0.15) is 0 Å². The van der Waals surface area contributed by atoms with E-state index in [2.05, 4.69) is 0 Å². The van der Waals surface area contributed by atoms with Gasteiger partial charge in [-0.1, -0.05) is 0 Å². The van der Waals surface area contributed by atoms with Crippen molar-refractivity contribution < 1.29 is 14.6 Å². The van der Waals surface area contributed by atoms with Crippen molar-refractivity contribution in [2.45, 2.75) is 36.3 Å². The third-order valence-electron chi connectivity index (χ3n) is 2.50. The van der Waals surface area contributed by atoms with Gasteiger partial charge in [-0.05, 0) is 12.8 Å². The molecule has 2 rings (SSSR count). The molecular formula is C7H9ClO3. The van der Waals surface area contributed by atoms with Crippen molar-refractivity contribution in [3.8, 4) is 0 Å². The fourth-order valence-electron chi connectivity index (χ4n) is 1.88. The van der Waals surface area contributed by atoms with Crippen molar-refractivity contribution in [2.24, 2.45) is 0 Å². The molecule has 11 heavy (non-hydrogen) atoms. The number of hydrogen-bond acceptors (Lipinski definition) is 2. The zero-order chi connectivity index (χ0) is 8.06. The summed E-state index contributed by atoms with van der Waals surface area (Å²) in [5.74, 6) is -0.939. The summed E-state index contributed by atoms with van der Waals surface area (Å²) in [6.07, 6.45) is 2.06. The number of ether oxygens (including phenoxy) is 1. The Kier molecular flexibility index (Phi) is 1.41. The van der Waals surface area contributed by atoms with Gasteiger partial charge in [0.2, 0.25) is 0 Å². The molecule has 0 aromatic rings. The summed E-state index contributed by atoms with van der Waals surface area (Å²) < 4.78 is 5.34. The minimum absolute atomic E-state index is 0.0913. The number of alkyl halides is 1. The van der Waals surface area contributed by atoms with Crippen molar-refractivity contribution >= 4 is 17.6 Å². The Labute approximate surface area is 69.3 Å². The zero-order valence-corrected chi connectivity index (χ0v) is 6.67. The lowest BCUT2D eigenvalue weighted by Crippen LogP contribution is -2.41. The lowest BCUT2D eigenvalue weighted by Gasteiger charge is -2.23. The molecule has 2 bridgehead atoms. The number of rotatable bonds is 1. The number of carboxylic acid groups (broad SMARTS) is 1. The molecule has 0 saturated carbocycles. The molecule has 2 heterocycles. The molecule has 2 aliphatic rings. The Morgan fingerprint density at radius 1 is 1.64 bits per heavy atom. The van der Waals surface area contributed by atoms with E-state index in [1.165, 1.54) is 0 Å². The van der Waals surface area contributed by atoms with E-state index in [1.807, 2.05) is 0 Å². The van der Waals surface area contributed by atoms with Crippen LogP contribution in [0.1, 0.15) is 19.3 Å². The van der Waals surface area contributed by atoms with Gasteiger partial charge in [0.05, 0.1) is 12.2 Å². The Morgan fingerprint density at radius 3 is 2.64 bits per heavy atom. The van der Waals surface area contributed by atoms with Crippen LogP contribution in [0.5, 0.6) is 0 Å². The van der Waals surface area contributed by atoms with Crippen LogP contribution in [0.2, 0.25) is 0 Å². The maximum Gasteiger partial charge on any atom is 0.327 e. The number of aliphatic carboxylic acids is 1. The Bertz CT molecular complexity index is 206. The van der Waals surface area contributed by atoms with Crippen LogP contribution in [-0.4, -0.2) is 28.2 Å². The summed E-state index contributed by atoms with van der Waals surface area (Å²) in [5, 5.41) is 8.78. The molecule has 3 nitrogen and oxygen atoms in total. The van der Waals surface area contributed by atoms with Crippen LogP contribution in [0.4, 0.5) is 0 Å². The standard InChI is InChI=1S/C7H9ClO3/c8-7(6(9)10)3-4-1-2-5(7)11-4/h4-5H,1-3H2,(H,9,10). The quantitative estimate of drug-likeness (QED) is 0.607. The van der Waals surface area contributed by atoms with Gasteiger partial charge < -0.3 is 9.84 Å². The molecule has 1 N–H and O–H groups in total. The molecule has 2 saturated heterocycles. The summed E-state index contributed by atoms with van der Waals surface area (Å²) in [5.41, 5.74) is 0. The second kappa shape index (κ2) is 2.11. The molecule has 4 heteroatoms. The number of halogens is 1. The van der Waals surface area contributed by atoms with E-state index in [9.17, 15) is 4.79 Å². The van der Waals surface area contributed by atoms with Gasteiger partial charge >= 0.3 is 5.97 Å². The second-order valence-corrected chi connectivity index (χ2v) is 3.87. The number of carbonyl (C=O) groups is 1. The molecule has 0 aromatic carbocycles. The average molecular weight is 177 g/mol. The lowest BCUT2D eigenvalue weighted by molar-refractivity contribution is -0.141. The maximum absolute atomic E-state index is 10.7. The lowest BCUT2D eigenvalue weighted by atomic mass is 9.88. The van der Waals surface area contributed by atoms with Gasteiger partial charge in [-0.25, -0.2) is 0 Å². The van der Waals surface area contributed by atoms with Gasteiger partial charge in [0.1, 0.15) is 0 Å². The fraction of sp³-hybridized carbons (Fsp3) is 0.857. The first kappa shape index (κ1) is 7.37. The number of carboxylic acids is 1. The van der Waals surface area contributed by atoms with Crippen molar-refractivity contribution in [3.63, 3.8) is 0 Å². The van der Waals surface area contributed by atoms with Gasteiger partial charge in [-0.3, -0.25) is 4.79 Å². The SMILES string of the molecule is O=C(O)C1(Cl)CC2CCC1O2. The summed E-state index contributed by atoms with van der Waals surface area (Å²) in [4.78, 5) is 9.58. The zero-order valence-electron chi connectivity index (χ0n) is 5.92. The molecule has 3 atom stereocenters. The van der Waals surface area contributed by atoms with Crippen LogP contribution < -0.4 is 0 Å². The third kappa shape index (κ3) is 0.876. The van der Waals surface area contributed by atoms with Crippen molar-refractivity contribution in [2.75, 3.05) is 0 Å². The van der Waals surface area contributed by atoms with E-state index >= 15 is 0 Å². The van der Waals surface area contributed by atoms with E-state index < -0.39 is 10.8 Å². The molecule has 3 unspecified atom stereocenters. The highest BCUT2D eigenvalue weighted by Crippen LogP contribution is 2.45. The van der Waals surface area contributed by atoms with Crippen molar-refractivity contribution in [3.05, 3.63) is 0 Å². The van der Waals surface area contributed by atoms with E-state index in [0.717, 1.165) is 12.8 Å². The maximum atomic E-state index is 10.7. The van der Waals surface area contributed by atoms with Crippen LogP contribution in [0.15, 0.2) is 0 Å². The van der Waals surface area contributed by atoms with Gasteiger partial charge in [0.25, 0.3) is 0 Å². The van der Waals surface area contributed by atoms with Crippen LogP contribution >= 0.6 is 11.6 Å². The van der Waals surface area contributed by atoms with Crippen LogP contribution in [0.3, 0.4) is 0 Å². The molecule has 0 amide bonds. The number of hydrogen-bond donors (Lipinski definition) is 1. The first-order valence-corrected chi connectivity index (χ1v) is 4.08. The second-order valence-electron chi connectivity index (χ2n) is 3.20. The van der Waals surface area contributed by atoms with E-state index in [-0.39, 0.29) is 12.2 Å². The smallest absolute Gasteiger partial charge is 0.327 e. The Morgan fingerprint density at radius 2 is 2.36 bits per heavy atom. The normalized spacial score (nSPS) is 48.1. The first-order valence-electron chi connectivity index (χ1n) is 3.71. The number of fused-ring (bicyclic) bond motifs is 2. The summed E-state index contributed by atoms with van der Waals surface area (Å²) >= 11 is 5.88. The van der Waals surface area contributed by atoms with Crippen molar-refractivity contribution in [1.29, 1.82) is 0 Å². The minimum Gasteiger partial charge on any atom is -0.480 e. The van der Waals surface area contributed by atoms with E-state index in [4.69, 9.17) is 21.4 Å². The monoisotopic (exact) mass is 176 g/mol. The molecule has 0 aliphatic carbocycles. The molecule has 0 spiro atoms. The molecule has 2 aliphatic heterocycles. The molecular weight excluding hydrogens is 168 g/mol. The van der Waals surface area contributed by atoms with E-state index in [1.54, 1.807) is 0 Å². The first-order chi connectivity index (χ1) is 5.13. The minimum atomic E-state index is -1.12. The van der Waals surface area contributed by atoms with E-state index in [0.29, 0.717) is 6.42 Å². The summed E-state index contributed by atoms with van der Waals surface area (Å²) in [7, 11) is 0. The van der Waals surface area contributed by atoms with Gasteiger partial charge in [0.15, 0.2) is 4.87 Å². The van der Waals surface area contributed by atoms with Crippen LogP contribution in [0.25, 0.3) is 0 Å². The molecule has 0 radical (unpaired) electrons. The topological polar surface area (TPSA) is 46.5 Å². The predicted octanol–water partition coefficient (Wildman–Crippen LogP) is 1.000. The fourth-order valence-corrected chi connectivity index (χ4v) is 2.21. The highest BCUT2D eigenvalue weighted by Gasteiger charge is 2.56. The largest absolute Gasteiger partial charge is 0.480 e. The predicted molar refractivity (Wildman–Crippen MR) is 38.7 cm³/mol. The highest BCUT2D eigenvalue weighted by molar-refractivity contribution is 6.34. The van der Waals surface area contributed by atoms with Gasteiger partial charge in [-0.15, -0.1) is 11.6 Å². The molecule has 2 fully saturated rings. The summed E-state index contributed by atoms with van der Waals surface area (Å²) in [6.45, 7) is 0.